The van der Waals surface area contributed by atoms with Gasteiger partial charge in [0.2, 0.25) is 0 Å². The van der Waals surface area contributed by atoms with Gasteiger partial charge in [-0.2, -0.15) is 0 Å². The van der Waals surface area contributed by atoms with Gasteiger partial charge in [0.25, 0.3) is 5.69 Å². The Balaban J connectivity index is 2.07. The molecule has 1 aromatic carbocycles. The van der Waals surface area contributed by atoms with Crippen LogP contribution in [-0.2, 0) is 28.6 Å². The SMILES string of the molecule is CCCOCCOC(=O)C1=C(C)NC2=C(C(=O)[C@@H](C(=O)OC)[C@H](C)C2)[C@H]1c1cccc([N+](=O)[O-])c1. The molecule has 0 unspecified atom stereocenters. The third-order valence-corrected chi connectivity index (χ3v) is 6.19. The number of esters is 2. The summed E-state index contributed by atoms with van der Waals surface area (Å²) in [6.45, 7) is 6.21. The first kappa shape index (κ1) is 26.1. The zero-order valence-electron chi connectivity index (χ0n) is 20.3. The number of benzene rings is 1. The normalized spacial score (nSPS) is 21.8. The van der Waals surface area contributed by atoms with E-state index in [1.807, 2.05) is 6.92 Å². The van der Waals surface area contributed by atoms with Gasteiger partial charge >= 0.3 is 11.9 Å². The number of nitrogens with zero attached hydrogens (tertiary/aromatic N) is 1. The van der Waals surface area contributed by atoms with Gasteiger partial charge in [-0.25, -0.2) is 4.79 Å². The zero-order chi connectivity index (χ0) is 25.7. The summed E-state index contributed by atoms with van der Waals surface area (Å²) in [7, 11) is 1.22. The average molecular weight is 487 g/mol. The maximum atomic E-state index is 13.7. The largest absolute Gasteiger partial charge is 0.468 e. The van der Waals surface area contributed by atoms with E-state index in [1.54, 1.807) is 19.9 Å². The molecule has 35 heavy (non-hydrogen) atoms. The van der Waals surface area contributed by atoms with E-state index >= 15 is 0 Å². The van der Waals surface area contributed by atoms with Gasteiger partial charge in [-0.15, -0.1) is 0 Å². The molecule has 1 aliphatic heterocycles. The molecule has 0 fully saturated rings. The van der Waals surface area contributed by atoms with Crippen LogP contribution in [0, 0.1) is 22.0 Å². The smallest absolute Gasteiger partial charge is 0.336 e. The van der Waals surface area contributed by atoms with Crippen molar-refractivity contribution < 1.29 is 33.5 Å². The summed E-state index contributed by atoms with van der Waals surface area (Å²) in [5.41, 5.74) is 1.65. The van der Waals surface area contributed by atoms with Crippen molar-refractivity contribution in [3.63, 3.8) is 0 Å². The van der Waals surface area contributed by atoms with Crippen LogP contribution in [0.3, 0.4) is 0 Å². The predicted octanol–water partition coefficient (Wildman–Crippen LogP) is 3.18. The van der Waals surface area contributed by atoms with Gasteiger partial charge in [0.05, 0.1) is 24.2 Å². The standard InChI is InChI=1S/C25H30N2O8/c1-5-9-34-10-11-35-25(30)20-15(3)26-18-12-14(2)19(24(29)33-4)23(28)22(18)21(20)16-7-6-8-17(13-16)27(31)32/h6-8,13-14,19,21,26H,5,9-12H2,1-4H3/t14-,19+,21+/m1/s1. The molecule has 1 aliphatic carbocycles. The third kappa shape index (κ3) is 5.43. The lowest BCUT2D eigenvalue weighted by molar-refractivity contribution is -0.384. The molecule has 0 saturated heterocycles. The molecule has 0 spiro atoms. The fourth-order valence-corrected chi connectivity index (χ4v) is 4.62. The Morgan fingerprint density at radius 2 is 1.97 bits per heavy atom. The number of allylic oxidation sites excluding steroid dienone is 3. The Morgan fingerprint density at radius 3 is 2.63 bits per heavy atom. The summed E-state index contributed by atoms with van der Waals surface area (Å²) in [6, 6.07) is 5.79. The van der Waals surface area contributed by atoms with Crippen LogP contribution in [0.1, 0.15) is 45.1 Å². The molecule has 1 heterocycles. The van der Waals surface area contributed by atoms with Crippen molar-refractivity contribution in [2.24, 2.45) is 11.8 Å². The molecule has 10 nitrogen and oxygen atoms in total. The van der Waals surface area contributed by atoms with E-state index in [1.165, 1.54) is 25.3 Å². The maximum absolute atomic E-state index is 13.7. The minimum atomic E-state index is -1.04. The molecule has 0 saturated carbocycles. The number of ketones is 1. The number of Topliss-reactive ketones (excluding diaryl/α,β-unsaturated/α-hetero) is 1. The van der Waals surface area contributed by atoms with Gasteiger partial charge in [-0.05, 0) is 31.2 Å². The Labute approximate surface area is 203 Å². The Bertz CT molecular complexity index is 1090. The first-order valence-corrected chi connectivity index (χ1v) is 11.5. The van der Waals surface area contributed by atoms with Crippen LogP contribution in [0.4, 0.5) is 5.69 Å². The number of hydrogen-bond acceptors (Lipinski definition) is 9. The minimum absolute atomic E-state index is 0.0128. The molecule has 0 radical (unpaired) electrons. The first-order chi connectivity index (χ1) is 16.7. The van der Waals surface area contributed by atoms with Crippen molar-refractivity contribution >= 4 is 23.4 Å². The molecular formula is C25H30N2O8. The Kier molecular flexibility index (Phi) is 8.39. The van der Waals surface area contributed by atoms with Gasteiger partial charge in [-0.3, -0.25) is 19.7 Å². The molecule has 3 atom stereocenters. The number of rotatable bonds is 9. The number of hydrogen-bond donors (Lipinski definition) is 1. The summed E-state index contributed by atoms with van der Waals surface area (Å²) in [5, 5.41) is 14.6. The van der Waals surface area contributed by atoms with Crippen molar-refractivity contribution in [2.75, 3.05) is 26.9 Å². The number of carbonyl (C=O) groups excluding carboxylic acids is 3. The molecule has 0 bridgehead atoms. The van der Waals surface area contributed by atoms with Gasteiger partial charge in [0, 0.05) is 41.6 Å². The van der Waals surface area contributed by atoms with Crippen molar-refractivity contribution in [1.29, 1.82) is 0 Å². The zero-order valence-corrected chi connectivity index (χ0v) is 20.3. The number of nitro groups is 1. The van der Waals surface area contributed by atoms with Gasteiger partial charge in [0.15, 0.2) is 5.78 Å². The number of nitrogens with one attached hydrogen (secondary N) is 1. The number of dihydropyridines is 1. The van der Waals surface area contributed by atoms with Gasteiger partial charge < -0.3 is 19.5 Å². The molecule has 188 valence electrons. The number of ether oxygens (including phenoxy) is 3. The second-order valence-corrected chi connectivity index (χ2v) is 8.64. The monoisotopic (exact) mass is 486 g/mol. The summed E-state index contributed by atoms with van der Waals surface area (Å²) in [5.74, 6) is -4.11. The molecule has 1 N–H and O–H groups in total. The molecular weight excluding hydrogens is 456 g/mol. The Hall–Kier alpha value is -3.53. The van der Waals surface area contributed by atoms with Crippen molar-refractivity contribution in [3.8, 4) is 0 Å². The fraction of sp³-hybridized carbons (Fsp3) is 0.480. The molecule has 1 aromatic rings. The summed E-state index contributed by atoms with van der Waals surface area (Å²) >= 11 is 0. The van der Waals surface area contributed by atoms with Crippen LogP contribution < -0.4 is 5.32 Å². The molecule has 2 aliphatic rings. The third-order valence-electron chi connectivity index (χ3n) is 6.19. The topological polar surface area (TPSA) is 134 Å². The number of non-ortho nitro benzene ring substituents is 1. The highest BCUT2D eigenvalue weighted by Gasteiger charge is 2.47. The lowest BCUT2D eigenvalue weighted by Gasteiger charge is -2.38. The van der Waals surface area contributed by atoms with E-state index in [4.69, 9.17) is 14.2 Å². The predicted molar refractivity (Wildman–Crippen MR) is 125 cm³/mol. The van der Waals surface area contributed by atoms with Crippen molar-refractivity contribution in [2.45, 2.75) is 39.5 Å². The van der Waals surface area contributed by atoms with E-state index in [2.05, 4.69) is 5.32 Å². The molecule has 10 heteroatoms. The fourth-order valence-electron chi connectivity index (χ4n) is 4.62. The molecule has 0 amide bonds. The van der Waals surface area contributed by atoms with E-state index in [0.29, 0.717) is 30.0 Å². The van der Waals surface area contributed by atoms with Crippen LogP contribution in [0.2, 0.25) is 0 Å². The lowest BCUT2D eigenvalue weighted by atomic mass is 9.69. The highest BCUT2D eigenvalue weighted by atomic mass is 16.6. The van der Waals surface area contributed by atoms with Crippen LogP contribution in [0.5, 0.6) is 0 Å². The highest BCUT2D eigenvalue weighted by Crippen LogP contribution is 2.45. The summed E-state index contributed by atoms with van der Waals surface area (Å²) in [4.78, 5) is 50.3. The van der Waals surface area contributed by atoms with Crippen LogP contribution in [0.25, 0.3) is 0 Å². The van der Waals surface area contributed by atoms with Gasteiger partial charge in [0.1, 0.15) is 12.5 Å². The maximum Gasteiger partial charge on any atom is 0.336 e. The van der Waals surface area contributed by atoms with Crippen LogP contribution in [-0.4, -0.2) is 49.6 Å². The number of methoxy groups -OCH3 is 1. The number of carbonyl (C=O) groups is 3. The summed E-state index contributed by atoms with van der Waals surface area (Å²) in [6.07, 6.45) is 1.20. The van der Waals surface area contributed by atoms with Gasteiger partial charge in [-0.1, -0.05) is 26.0 Å². The molecule has 3 rings (SSSR count). The van der Waals surface area contributed by atoms with E-state index < -0.39 is 34.5 Å². The van der Waals surface area contributed by atoms with E-state index in [0.717, 1.165) is 6.42 Å². The summed E-state index contributed by atoms with van der Waals surface area (Å²) < 4.78 is 15.7. The number of nitro benzene ring substituents is 1. The second-order valence-electron chi connectivity index (χ2n) is 8.64. The average Bonchev–Trinajstić information content (AvgIpc) is 2.82. The van der Waals surface area contributed by atoms with Crippen LogP contribution in [0.15, 0.2) is 46.8 Å². The second kappa shape index (κ2) is 11.3. The highest BCUT2D eigenvalue weighted by molar-refractivity contribution is 6.12. The van der Waals surface area contributed by atoms with E-state index in [-0.39, 0.29) is 36.0 Å². The lowest BCUT2D eigenvalue weighted by Crippen LogP contribution is -2.43. The van der Waals surface area contributed by atoms with Crippen LogP contribution >= 0.6 is 0 Å². The quantitative estimate of drug-likeness (QED) is 0.184. The first-order valence-electron chi connectivity index (χ1n) is 11.5. The Morgan fingerprint density at radius 1 is 1.23 bits per heavy atom. The minimum Gasteiger partial charge on any atom is -0.468 e. The molecule has 0 aromatic heterocycles. The van der Waals surface area contributed by atoms with E-state index in [9.17, 15) is 24.5 Å². The van der Waals surface area contributed by atoms with Crippen molar-refractivity contribution in [3.05, 3.63) is 62.5 Å². The van der Waals surface area contributed by atoms with Crippen molar-refractivity contribution in [1.82, 2.24) is 5.32 Å².